The zero-order valence-electron chi connectivity index (χ0n) is 15.7. The van der Waals surface area contributed by atoms with Gasteiger partial charge in [-0.2, -0.15) is 0 Å². The molecule has 1 N–H and O–H groups in total. The Kier molecular flexibility index (Phi) is 5.57. The van der Waals surface area contributed by atoms with E-state index in [0.717, 1.165) is 41.0 Å². The molecule has 8 heteroatoms. The van der Waals surface area contributed by atoms with E-state index in [9.17, 15) is 4.79 Å². The van der Waals surface area contributed by atoms with Gasteiger partial charge in [-0.3, -0.25) is 9.36 Å². The molecule has 146 valence electrons. The SMILES string of the molecule is COc1ccc(CNC(=O)C2CCCN(c3nnc(-n4cccc4)s3)C2)cc1. The summed E-state index contributed by atoms with van der Waals surface area (Å²) in [7, 11) is 1.64. The quantitative estimate of drug-likeness (QED) is 0.692. The number of amides is 1. The number of nitrogens with one attached hydrogen (secondary N) is 1. The Bertz CT molecular complexity index is 907. The molecule has 1 fully saturated rings. The van der Waals surface area contributed by atoms with Crippen molar-refractivity contribution in [2.24, 2.45) is 5.92 Å². The largest absolute Gasteiger partial charge is 0.497 e. The molecule has 28 heavy (non-hydrogen) atoms. The minimum absolute atomic E-state index is 0.0362. The third kappa shape index (κ3) is 4.17. The predicted octanol–water partition coefficient (Wildman–Crippen LogP) is 2.87. The van der Waals surface area contributed by atoms with Crippen molar-refractivity contribution in [1.29, 1.82) is 0 Å². The maximum Gasteiger partial charge on any atom is 0.225 e. The number of anilines is 1. The standard InChI is InChI=1S/C20H23N5O2S/c1-27-17-8-6-15(7-9-17)13-21-18(26)16-5-4-12-25(14-16)20-23-22-19(28-20)24-10-2-3-11-24/h2-3,6-11,16H,4-5,12-14H2,1H3,(H,21,26). The predicted molar refractivity (Wildman–Crippen MR) is 109 cm³/mol. The van der Waals surface area contributed by atoms with Crippen LogP contribution in [0.5, 0.6) is 5.75 Å². The van der Waals surface area contributed by atoms with Gasteiger partial charge in [-0.25, -0.2) is 0 Å². The zero-order chi connectivity index (χ0) is 19.3. The van der Waals surface area contributed by atoms with Crippen LogP contribution in [0.15, 0.2) is 48.8 Å². The van der Waals surface area contributed by atoms with Gasteiger partial charge in [0.15, 0.2) is 0 Å². The van der Waals surface area contributed by atoms with E-state index in [-0.39, 0.29) is 11.8 Å². The Morgan fingerprint density at radius 3 is 2.71 bits per heavy atom. The molecule has 1 saturated heterocycles. The number of aromatic nitrogens is 3. The highest BCUT2D eigenvalue weighted by Gasteiger charge is 2.27. The Hall–Kier alpha value is -2.87. The molecular formula is C20H23N5O2S. The molecule has 0 spiro atoms. The van der Waals surface area contributed by atoms with Crippen LogP contribution in [-0.2, 0) is 11.3 Å². The highest BCUT2D eigenvalue weighted by Crippen LogP contribution is 2.28. The van der Waals surface area contributed by atoms with Crippen LogP contribution >= 0.6 is 11.3 Å². The number of hydrogen-bond donors (Lipinski definition) is 1. The van der Waals surface area contributed by atoms with Crippen LogP contribution in [0.4, 0.5) is 5.13 Å². The van der Waals surface area contributed by atoms with Crippen molar-refractivity contribution < 1.29 is 9.53 Å². The molecule has 2 aromatic heterocycles. The number of carbonyl (C=O) groups is 1. The number of rotatable bonds is 6. The Labute approximate surface area is 168 Å². The van der Waals surface area contributed by atoms with Gasteiger partial charge >= 0.3 is 0 Å². The van der Waals surface area contributed by atoms with Crippen molar-refractivity contribution in [1.82, 2.24) is 20.1 Å². The van der Waals surface area contributed by atoms with Crippen molar-refractivity contribution in [3.05, 3.63) is 54.4 Å². The number of methoxy groups -OCH3 is 1. The van der Waals surface area contributed by atoms with Crippen molar-refractivity contribution >= 4 is 22.4 Å². The first-order chi connectivity index (χ1) is 13.7. The molecule has 1 atom stereocenters. The summed E-state index contributed by atoms with van der Waals surface area (Å²) < 4.78 is 7.11. The second kappa shape index (κ2) is 8.43. The van der Waals surface area contributed by atoms with E-state index in [2.05, 4.69) is 20.4 Å². The van der Waals surface area contributed by atoms with Crippen LogP contribution in [0.3, 0.4) is 0 Å². The molecule has 1 aliphatic heterocycles. The Morgan fingerprint density at radius 2 is 1.96 bits per heavy atom. The van der Waals surface area contributed by atoms with Crippen LogP contribution in [0.25, 0.3) is 5.13 Å². The summed E-state index contributed by atoms with van der Waals surface area (Å²) in [6.45, 7) is 2.10. The number of hydrogen-bond acceptors (Lipinski definition) is 6. The molecule has 3 aromatic rings. The minimum atomic E-state index is -0.0362. The van der Waals surface area contributed by atoms with Gasteiger partial charge in [-0.15, -0.1) is 10.2 Å². The van der Waals surface area contributed by atoms with Crippen LogP contribution in [-0.4, -0.2) is 40.9 Å². The monoisotopic (exact) mass is 397 g/mol. The summed E-state index contributed by atoms with van der Waals surface area (Å²) in [5.74, 6) is 0.871. The van der Waals surface area contributed by atoms with Crippen LogP contribution < -0.4 is 15.0 Å². The molecule has 1 aliphatic rings. The van der Waals surface area contributed by atoms with Gasteiger partial charge in [0.05, 0.1) is 13.0 Å². The van der Waals surface area contributed by atoms with E-state index in [0.29, 0.717) is 13.1 Å². The fourth-order valence-electron chi connectivity index (χ4n) is 3.34. The number of benzene rings is 1. The van der Waals surface area contributed by atoms with E-state index in [1.165, 1.54) is 0 Å². The summed E-state index contributed by atoms with van der Waals surface area (Å²) >= 11 is 1.55. The lowest BCUT2D eigenvalue weighted by Gasteiger charge is -2.31. The number of ether oxygens (including phenoxy) is 1. The van der Waals surface area contributed by atoms with Gasteiger partial charge in [-0.05, 0) is 42.7 Å². The van der Waals surface area contributed by atoms with E-state index < -0.39 is 0 Å². The van der Waals surface area contributed by atoms with Gasteiger partial charge in [0.25, 0.3) is 0 Å². The number of nitrogens with zero attached hydrogens (tertiary/aromatic N) is 4. The average Bonchev–Trinajstić information content (AvgIpc) is 3.44. The normalized spacial score (nSPS) is 16.8. The summed E-state index contributed by atoms with van der Waals surface area (Å²) in [4.78, 5) is 14.8. The van der Waals surface area contributed by atoms with E-state index in [1.807, 2.05) is 53.4 Å². The number of carbonyl (C=O) groups excluding carboxylic acids is 1. The third-order valence-electron chi connectivity index (χ3n) is 4.92. The van der Waals surface area contributed by atoms with Crippen LogP contribution in [0, 0.1) is 5.92 Å². The first kappa shape index (κ1) is 18.5. The minimum Gasteiger partial charge on any atom is -0.497 e. The van der Waals surface area contributed by atoms with Crippen molar-refractivity contribution in [2.45, 2.75) is 19.4 Å². The molecule has 0 radical (unpaired) electrons. The van der Waals surface area contributed by atoms with E-state index in [4.69, 9.17) is 4.74 Å². The fourth-order valence-corrected chi connectivity index (χ4v) is 4.19. The van der Waals surface area contributed by atoms with Crippen molar-refractivity contribution in [2.75, 3.05) is 25.1 Å². The second-order valence-electron chi connectivity index (χ2n) is 6.81. The Balaban J connectivity index is 1.34. The van der Waals surface area contributed by atoms with E-state index in [1.54, 1.807) is 18.4 Å². The lowest BCUT2D eigenvalue weighted by atomic mass is 9.97. The Morgan fingerprint density at radius 1 is 1.21 bits per heavy atom. The van der Waals surface area contributed by atoms with Gasteiger partial charge in [0, 0.05) is 32.0 Å². The molecule has 1 amide bonds. The van der Waals surface area contributed by atoms with Gasteiger partial charge in [0.1, 0.15) is 5.75 Å². The molecule has 1 aromatic carbocycles. The molecule has 0 saturated carbocycles. The summed E-state index contributed by atoms with van der Waals surface area (Å²) in [6.07, 6.45) is 5.78. The molecule has 3 heterocycles. The molecule has 0 bridgehead atoms. The second-order valence-corrected chi connectivity index (χ2v) is 7.74. The summed E-state index contributed by atoms with van der Waals surface area (Å²) in [6, 6.07) is 11.7. The third-order valence-corrected chi connectivity index (χ3v) is 5.91. The maximum atomic E-state index is 12.7. The smallest absolute Gasteiger partial charge is 0.225 e. The fraction of sp³-hybridized carbons (Fsp3) is 0.350. The van der Waals surface area contributed by atoms with Crippen LogP contribution in [0.1, 0.15) is 18.4 Å². The maximum absolute atomic E-state index is 12.7. The summed E-state index contributed by atoms with van der Waals surface area (Å²) in [5.41, 5.74) is 1.06. The molecule has 0 aliphatic carbocycles. The highest BCUT2D eigenvalue weighted by atomic mass is 32.1. The lowest BCUT2D eigenvalue weighted by molar-refractivity contribution is -0.125. The zero-order valence-corrected chi connectivity index (χ0v) is 16.6. The first-order valence-corrected chi connectivity index (χ1v) is 10.2. The molecule has 7 nitrogen and oxygen atoms in total. The van der Waals surface area contributed by atoms with Crippen molar-refractivity contribution in [3.8, 4) is 10.9 Å². The molecule has 1 unspecified atom stereocenters. The lowest BCUT2D eigenvalue weighted by Crippen LogP contribution is -2.43. The molecular weight excluding hydrogens is 374 g/mol. The van der Waals surface area contributed by atoms with Crippen molar-refractivity contribution in [3.63, 3.8) is 0 Å². The highest BCUT2D eigenvalue weighted by molar-refractivity contribution is 7.17. The van der Waals surface area contributed by atoms with Gasteiger partial charge < -0.3 is 15.0 Å². The molecule has 4 rings (SSSR count). The van der Waals surface area contributed by atoms with E-state index >= 15 is 0 Å². The first-order valence-electron chi connectivity index (χ1n) is 9.35. The summed E-state index contributed by atoms with van der Waals surface area (Å²) in [5, 5.41) is 13.4. The topological polar surface area (TPSA) is 72.3 Å². The number of piperidine rings is 1. The van der Waals surface area contributed by atoms with Crippen LogP contribution in [0.2, 0.25) is 0 Å². The average molecular weight is 398 g/mol. The van der Waals surface area contributed by atoms with Gasteiger partial charge in [0.2, 0.25) is 16.2 Å². The van der Waals surface area contributed by atoms with Gasteiger partial charge in [-0.1, -0.05) is 23.5 Å².